The molecule has 0 aliphatic rings. The summed E-state index contributed by atoms with van der Waals surface area (Å²) in [5.74, 6) is 0. The van der Waals surface area contributed by atoms with Crippen LogP contribution in [0.25, 0.3) is 16.5 Å². The summed E-state index contributed by atoms with van der Waals surface area (Å²) in [4.78, 5) is 24.8. The molecule has 1 aromatic carbocycles. The highest BCUT2D eigenvalue weighted by molar-refractivity contribution is 14.1. The van der Waals surface area contributed by atoms with E-state index in [1.807, 2.05) is 35.7 Å². The van der Waals surface area contributed by atoms with Crippen LogP contribution in [0.15, 0.2) is 58.6 Å². The van der Waals surface area contributed by atoms with Gasteiger partial charge in [0.1, 0.15) is 5.56 Å². The monoisotopic (exact) mass is 612 g/mol. The first-order valence-corrected chi connectivity index (χ1v) is 12.3. The van der Waals surface area contributed by atoms with Gasteiger partial charge in [-0.3, -0.25) is 9.59 Å². The third-order valence-electron chi connectivity index (χ3n) is 6.03. The molecule has 1 N–H and O–H groups in total. The minimum atomic E-state index is -4.80. The van der Waals surface area contributed by atoms with Crippen molar-refractivity contribution in [2.75, 3.05) is 3.11 Å². The van der Waals surface area contributed by atoms with Crippen molar-refractivity contribution in [3.05, 3.63) is 80.9 Å². The first-order valence-electron chi connectivity index (χ1n) is 11.4. The van der Waals surface area contributed by atoms with E-state index in [-0.39, 0.29) is 17.3 Å². The molecule has 4 rings (SSSR count). The van der Waals surface area contributed by atoms with Crippen molar-refractivity contribution in [2.45, 2.75) is 51.9 Å². The average Bonchev–Trinajstić information content (AvgIpc) is 3.33. The molecule has 190 valence electrons. The van der Waals surface area contributed by atoms with Crippen molar-refractivity contribution in [1.29, 1.82) is 0 Å². The van der Waals surface area contributed by atoms with Gasteiger partial charge in [-0.2, -0.15) is 23.4 Å². The van der Waals surface area contributed by atoms with Gasteiger partial charge in [-0.05, 0) is 61.4 Å². The molecule has 0 saturated carbocycles. The number of nitrogens with one attached hydrogen (secondary N) is 1. The second-order valence-electron chi connectivity index (χ2n) is 8.49. The van der Waals surface area contributed by atoms with Crippen LogP contribution in [-0.2, 0) is 19.1 Å². The van der Waals surface area contributed by atoms with Crippen LogP contribution < -0.4 is 14.2 Å². The van der Waals surface area contributed by atoms with Gasteiger partial charge in [0.05, 0.1) is 46.6 Å². The first kappa shape index (κ1) is 25.9. The first-order chi connectivity index (χ1) is 17.1. The fourth-order valence-corrected chi connectivity index (χ4v) is 4.65. The molecule has 0 spiro atoms. The van der Waals surface area contributed by atoms with Crippen molar-refractivity contribution in [3.8, 4) is 5.69 Å². The lowest BCUT2D eigenvalue weighted by atomic mass is 10.1. The summed E-state index contributed by atoms with van der Waals surface area (Å²) < 4.78 is 44.9. The number of aryl methyl sites for hydroxylation is 2. The van der Waals surface area contributed by atoms with Gasteiger partial charge in [0.15, 0.2) is 0 Å². The van der Waals surface area contributed by atoms with Crippen LogP contribution in [0.3, 0.4) is 0 Å². The highest BCUT2D eigenvalue weighted by Crippen LogP contribution is 2.36. The average molecular weight is 612 g/mol. The zero-order chi connectivity index (χ0) is 26.0. The molecule has 0 bridgehead atoms. The molecule has 0 aliphatic heterocycles. The maximum atomic E-state index is 13.4. The lowest BCUT2D eigenvalue weighted by Gasteiger charge is -2.26. The molecule has 3 aromatic heterocycles. The van der Waals surface area contributed by atoms with Crippen molar-refractivity contribution in [3.63, 3.8) is 0 Å². The number of fused-ring (bicyclic) bond motifs is 1. The smallest absolute Gasteiger partial charge is 0.315 e. The Hall–Kier alpha value is -3.16. The van der Waals surface area contributed by atoms with E-state index in [9.17, 15) is 22.8 Å². The third-order valence-corrected chi connectivity index (χ3v) is 7.50. The number of halogens is 4. The van der Waals surface area contributed by atoms with Crippen molar-refractivity contribution in [2.24, 2.45) is 0 Å². The predicted octanol–water partition coefficient (Wildman–Crippen LogP) is 4.88. The summed E-state index contributed by atoms with van der Waals surface area (Å²) in [6.07, 6.45) is 3.63. The molecule has 36 heavy (non-hydrogen) atoms. The van der Waals surface area contributed by atoms with Gasteiger partial charge in [0, 0.05) is 30.4 Å². The molecule has 0 saturated heterocycles. The van der Waals surface area contributed by atoms with E-state index in [2.05, 4.69) is 17.1 Å². The summed E-state index contributed by atoms with van der Waals surface area (Å²) in [5, 5.41) is 11.1. The fraction of sp³-hybridized carbons (Fsp3) is 0.333. The van der Waals surface area contributed by atoms with E-state index in [1.165, 1.54) is 3.11 Å². The van der Waals surface area contributed by atoms with Crippen LogP contribution in [0.5, 0.6) is 0 Å². The van der Waals surface area contributed by atoms with Crippen molar-refractivity contribution >= 4 is 39.3 Å². The van der Waals surface area contributed by atoms with Gasteiger partial charge in [0.25, 0.3) is 11.1 Å². The number of hydrogen-bond donors (Lipinski definition) is 1. The SMILES string of the molecule is CCc1cnn(-c2ccc3c(=O)n(CCC[C@H](C)N(I)c4cn[nH]c(=O)c4C(F)(F)F)ccc3c2)c1. The second-order valence-corrected chi connectivity index (χ2v) is 9.53. The quantitative estimate of drug-likeness (QED) is 0.227. The second kappa shape index (κ2) is 10.4. The van der Waals surface area contributed by atoms with E-state index >= 15 is 0 Å². The van der Waals surface area contributed by atoms with Crippen molar-refractivity contribution < 1.29 is 13.2 Å². The zero-order valence-corrected chi connectivity index (χ0v) is 21.7. The molecule has 0 aliphatic carbocycles. The summed E-state index contributed by atoms with van der Waals surface area (Å²) in [6.45, 7) is 4.23. The lowest BCUT2D eigenvalue weighted by Crippen LogP contribution is -2.31. The molecular weight excluding hydrogens is 588 g/mol. The number of H-pyrrole nitrogens is 1. The van der Waals surface area contributed by atoms with Crippen LogP contribution in [0, 0.1) is 0 Å². The van der Waals surface area contributed by atoms with E-state index < -0.39 is 17.3 Å². The largest absolute Gasteiger partial charge is 0.423 e. The molecule has 1 atom stereocenters. The van der Waals surface area contributed by atoms with Gasteiger partial charge >= 0.3 is 6.18 Å². The molecule has 0 amide bonds. The number of aromatic nitrogens is 5. The third kappa shape index (κ3) is 5.32. The number of pyridine rings is 1. The number of nitrogens with zero attached hydrogens (tertiary/aromatic N) is 5. The van der Waals surface area contributed by atoms with E-state index in [4.69, 9.17) is 0 Å². The Morgan fingerprint density at radius 2 is 1.97 bits per heavy atom. The molecule has 8 nitrogen and oxygen atoms in total. The van der Waals surface area contributed by atoms with Crippen LogP contribution in [0.1, 0.15) is 37.8 Å². The molecule has 4 aromatic rings. The molecule has 0 radical (unpaired) electrons. The van der Waals surface area contributed by atoms with E-state index in [1.54, 1.807) is 51.3 Å². The summed E-state index contributed by atoms with van der Waals surface area (Å²) in [5.41, 5.74) is -0.993. The Balaban J connectivity index is 1.46. The Kier molecular flexibility index (Phi) is 7.52. The number of benzene rings is 1. The summed E-state index contributed by atoms with van der Waals surface area (Å²) in [6, 6.07) is 7.08. The molecule has 0 fully saturated rings. The maximum Gasteiger partial charge on any atom is 0.423 e. The number of anilines is 1. The number of alkyl halides is 3. The molecule has 12 heteroatoms. The molecule has 0 unspecified atom stereocenters. The fourth-order valence-electron chi connectivity index (χ4n) is 4.01. The normalized spacial score (nSPS) is 12.7. The topological polar surface area (TPSA) is 88.8 Å². The summed E-state index contributed by atoms with van der Waals surface area (Å²) >= 11 is 1.76. The van der Waals surface area contributed by atoms with E-state index in [0.29, 0.717) is 24.8 Å². The predicted molar refractivity (Wildman–Crippen MR) is 140 cm³/mol. The van der Waals surface area contributed by atoms with Gasteiger partial charge in [-0.15, -0.1) is 0 Å². The molecular formula is C24H24F3IN6O2. The van der Waals surface area contributed by atoms with E-state index in [0.717, 1.165) is 29.3 Å². The van der Waals surface area contributed by atoms with Gasteiger partial charge in [0.2, 0.25) is 0 Å². The number of rotatable bonds is 8. The minimum Gasteiger partial charge on any atom is -0.315 e. The van der Waals surface area contributed by atoms with Gasteiger partial charge in [-0.1, -0.05) is 6.92 Å². The minimum absolute atomic E-state index is 0.133. The molecule has 3 heterocycles. The standard InChI is InChI=1S/C24H24F3IN6O2/c1-3-16-12-30-33(14-16)18-6-7-19-17(11-18)8-10-32(23(19)36)9-4-5-15(2)34(28)20-13-29-31-22(35)21(20)24(25,26)27/h6-8,10-15H,3-5,9H2,1-2H3,(H,31,35)/t15-/m0/s1. The Labute approximate surface area is 218 Å². The maximum absolute atomic E-state index is 13.4. The lowest BCUT2D eigenvalue weighted by molar-refractivity contribution is -0.138. The van der Waals surface area contributed by atoms with Crippen LogP contribution in [0.2, 0.25) is 0 Å². The Morgan fingerprint density at radius 1 is 1.19 bits per heavy atom. The summed E-state index contributed by atoms with van der Waals surface area (Å²) in [7, 11) is 0. The highest BCUT2D eigenvalue weighted by atomic mass is 127. The van der Waals surface area contributed by atoms with Gasteiger partial charge in [-0.25, -0.2) is 9.78 Å². The zero-order valence-electron chi connectivity index (χ0n) is 19.6. The van der Waals surface area contributed by atoms with Crippen molar-refractivity contribution in [1.82, 2.24) is 24.5 Å². The van der Waals surface area contributed by atoms with Crippen LogP contribution >= 0.6 is 22.9 Å². The number of aromatic amines is 1. The Morgan fingerprint density at radius 3 is 2.67 bits per heavy atom. The number of hydrogen-bond acceptors (Lipinski definition) is 5. The van der Waals surface area contributed by atoms with Crippen LogP contribution in [-0.4, -0.2) is 30.6 Å². The van der Waals surface area contributed by atoms with Gasteiger partial charge < -0.3 is 7.68 Å². The Bertz CT molecular complexity index is 1490. The highest BCUT2D eigenvalue weighted by Gasteiger charge is 2.39. The van der Waals surface area contributed by atoms with Crippen LogP contribution in [0.4, 0.5) is 18.9 Å².